The molecule has 0 bridgehead atoms. The fourth-order valence-electron chi connectivity index (χ4n) is 3.67. The molecule has 2 aliphatic rings. The van der Waals surface area contributed by atoms with Gasteiger partial charge in [0.25, 0.3) is 0 Å². The minimum Gasteiger partial charge on any atom is -0.490 e. The number of rotatable bonds is 2. The first-order valence-corrected chi connectivity index (χ1v) is 9.09. The van der Waals surface area contributed by atoms with Crippen molar-refractivity contribution < 1.29 is 4.74 Å². The summed E-state index contributed by atoms with van der Waals surface area (Å²) in [5.41, 5.74) is 2.84. The number of hydrogen-bond acceptors (Lipinski definition) is 1. The van der Waals surface area contributed by atoms with Crippen LogP contribution in [0.3, 0.4) is 0 Å². The van der Waals surface area contributed by atoms with Gasteiger partial charge in [-0.3, -0.25) is 0 Å². The van der Waals surface area contributed by atoms with Gasteiger partial charge in [-0.1, -0.05) is 60.2 Å². The Bertz CT molecular complexity index is 449. The molecule has 1 nitrogen and oxygen atoms in total. The number of halogens is 1. The maximum Gasteiger partial charge on any atom is 0.123 e. The Morgan fingerprint density at radius 2 is 1.80 bits per heavy atom. The van der Waals surface area contributed by atoms with Crippen LogP contribution in [0, 0.1) is 5.92 Å². The lowest BCUT2D eigenvalue weighted by Crippen LogP contribution is -2.10. The van der Waals surface area contributed by atoms with Crippen LogP contribution in [0.25, 0.3) is 0 Å². The third-order valence-electron chi connectivity index (χ3n) is 4.80. The molecule has 1 saturated carbocycles. The van der Waals surface area contributed by atoms with Gasteiger partial charge in [0.05, 0.1) is 0 Å². The molecule has 0 N–H and O–H groups in total. The largest absolute Gasteiger partial charge is 0.490 e. The monoisotopic (exact) mass is 336 g/mol. The summed E-state index contributed by atoms with van der Waals surface area (Å²) in [7, 11) is 0. The summed E-state index contributed by atoms with van der Waals surface area (Å²) in [6.45, 7) is 2.15. The molecule has 20 heavy (non-hydrogen) atoms. The van der Waals surface area contributed by atoms with Gasteiger partial charge in [0.2, 0.25) is 0 Å². The zero-order chi connectivity index (χ0) is 13.9. The summed E-state index contributed by atoms with van der Waals surface area (Å²) in [5.74, 6) is 1.90. The molecule has 2 heteroatoms. The van der Waals surface area contributed by atoms with Gasteiger partial charge in [-0.05, 0) is 42.9 Å². The second-order valence-corrected chi connectivity index (χ2v) is 7.49. The number of benzene rings is 1. The van der Waals surface area contributed by atoms with Crippen LogP contribution in [0.4, 0.5) is 0 Å². The molecule has 0 radical (unpaired) electrons. The summed E-state index contributed by atoms with van der Waals surface area (Å²) in [5, 5.41) is 0. The summed E-state index contributed by atoms with van der Waals surface area (Å²) in [6.07, 6.45) is 11.2. The Kier molecular flexibility index (Phi) is 4.70. The second-order valence-electron chi connectivity index (χ2n) is 6.51. The van der Waals surface area contributed by atoms with Gasteiger partial charge in [0.1, 0.15) is 11.9 Å². The summed E-state index contributed by atoms with van der Waals surface area (Å²) in [6, 6.07) is 6.80. The SMILES string of the molecule is CC1Cc2cc(C(Br)C3CCCCCCC3)ccc2O1. The lowest BCUT2D eigenvalue weighted by atomic mass is 9.86. The van der Waals surface area contributed by atoms with E-state index in [-0.39, 0.29) is 0 Å². The lowest BCUT2D eigenvalue weighted by Gasteiger charge is -2.25. The van der Waals surface area contributed by atoms with Crippen LogP contribution in [-0.4, -0.2) is 6.10 Å². The maximum absolute atomic E-state index is 5.81. The average molecular weight is 337 g/mol. The smallest absolute Gasteiger partial charge is 0.123 e. The number of ether oxygens (including phenoxy) is 1. The molecule has 0 amide bonds. The Labute approximate surface area is 131 Å². The van der Waals surface area contributed by atoms with Crippen molar-refractivity contribution in [3.05, 3.63) is 29.3 Å². The van der Waals surface area contributed by atoms with Gasteiger partial charge in [-0.25, -0.2) is 0 Å². The van der Waals surface area contributed by atoms with Crippen molar-refractivity contribution in [3.63, 3.8) is 0 Å². The first-order chi connectivity index (χ1) is 9.74. The van der Waals surface area contributed by atoms with E-state index in [4.69, 9.17) is 4.74 Å². The molecule has 1 fully saturated rings. The highest BCUT2D eigenvalue weighted by Gasteiger charge is 2.24. The zero-order valence-electron chi connectivity index (χ0n) is 12.4. The molecule has 1 aliphatic heterocycles. The van der Waals surface area contributed by atoms with Crippen molar-refractivity contribution in [2.75, 3.05) is 0 Å². The first kappa shape index (κ1) is 14.4. The topological polar surface area (TPSA) is 9.23 Å². The Balaban J connectivity index is 1.73. The Morgan fingerprint density at radius 3 is 2.55 bits per heavy atom. The molecule has 0 aromatic heterocycles. The molecule has 110 valence electrons. The zero-order valence-corrected chi connectivity index (χ0v) is 14.0. The van der Waals surface area contributed by atoms with Gasteiger partial charge in [0, 0.05) is 11.2 Å². The molecule has 1 aromatic carbocycles. The van der Waals surface area contributed by atoms with Crippen molar-refractivity contribution in [1.29, 1.82) is 0 Å². The number of fused-ring (bicyclic) bond motifs is 1. The van der Waals surface area contributed by atoms with Gasteiger partial charge in [0.15, 0.2) is 0 Å². The minimum atomic E-state index is 0.343. The minimum absolute atomic E-state index is 0.343. The van der Waals surface area contributed by atoms with Gasteiger partial charge >= 0.3 is 0 Å². The molecule has 1 aromatic rings. The van der Waals surface area contributed by atoms with E-state index in [1.165, 1.54) is 56.1 Å². The van der Waals surface area contributed by atoms with Crippen molar-refractivity contribution >= 4 is 15.9 Å². The third kappa shape index (κ3) is 3.21. The highest BCUT2D eigenvalue weighted by molar-refractivity contribution is 9.09. The molecule has 2 unspecified atom stereocenters. The fourth-order valence-corrected chi connectivity index (χ4v) is 4.48. The van der Waals surface area contributed by atoms with E-state index in [0.717, 1.165) is 18.1 Å². The van der Waals surface area contributed by atoms with Crippen molar-refractivity contribution in [1.82, 2.24) is 0 Å². The van der Waals surface area contributed by atoms with E-state index in [0.29, 0.717) is 10.9 Å². The summed E-state index contributed by atoms with van der Waals surface area (Å²) in [4.78, 5) is 0.516. The van der Waals surface area contributed by atoms with E-state index in [9.17, 15) is 0 Å². The predicted octanol–water partition coefficient (Wildman–Crippen LogP) is 5.81. The molecule has 0 saturated heterocycles. The number of alkyl halides is 1. The average Bonchev–Trinajstić information content (AvgIpc) is 2.76. The Hall–Kier alpha value is -0.500. The Morgan fingerprint density at radius 1 is 1.10 bits per heavy atom. The van der Waals surface area contributed by atoms with E-state index in [1.54, 1.807) is 0 Å². The van der Waals surface area contributed by atoms with Crippen molar-refractivity contribution in [3.8, 4) is 5.75 Å². The van der Waals surface area contributed by atoms with Crippen LogP contribution in [0.15, 0.2) is 18.2 Å². The summed E-state index contributed by atoms with van der Waals surface area (Å²) < 4.78 is 5.81. The number of hydrogen-bond donors (Lipinski definition) is 0. The van der Waals surface area contributed by atoms with Crippen LogP contribution >= 0.6 is 15.9 Å². The highest BCUT2D eigenvalue weighted by Crippen LogP contribution is 2.41. The predicted molar refractivity (Wildman–Crippen MR) is 87.7 cm³/mol. The summed E-state index contributed by atoms with van der Waals surface area (Å²) >= 11 is 3.99. The molecule has 2 atom stereocenters. The van der Waals surface area contributed by atoms with Crippen LogP contribution in [0.2, 0.25) is 0 Å². The highest BCUT2D eigenvalue weighted by atomic mass is 79.9. The van der Waals surface area contributed by atoms with Crippen molar-refractivity contribution in [2.24, 2.45) is 5.92 Å². The van der Waals surface area contributed by atoms with E-state index < -0.39 is 0 Å². The van der Waals surface area contributed by atoms with Crippen LogP contribution in [-0.2, 0) is 6.42 Å². The van der Waals surface area contributed by atoms with Gasteiger partial charge in [-0.2, -0.15) is 0 Å². The molecule has 1 heterocycles. The van der Waals surface area contributed by atoms with Crippen LogP contribution < -0.4 is 4.74 Å². The lowest BCUT2D eigenvalue weighted by molar-refractivity contribution is 0.254. The normalized spacial score (nSPS) is 25.4. The molecular weight excluding hydrogens is 312 g/mol. The molecular formula is C18H25BrO. The van der Waals surface area contributed by atoms with Crippen molar-refractivity contribution in [2.45, 2.75) is 69.2 Å². The quantitative estimate of drug-likeness (QED) is 0.619. The second kappa shape index (κ2) is 6.51. The van der Waals surface area contributed by atoms with Gasteiger partial charge < -0.3 is 4.74 Å². The van der Waals surface area contributed by atoms with E-state index >= 15 is 0 Å². The van der Waals surface area contributed by atoms with Gasteiger partial charge in [-0.15, -0.1) is 0 Å². The molecule has 1 aliphatic carbocycles. The first-order valence-electron chi connectivity index (χ1n) is 8.17. The molecule has 0 spiro atoms. The molecule has 3 rings (SSSR count). The van der Waals surface area contributed by atoms with Crippen LogP contribution in [0.5, 0.6) is 5.75 Å². The van der Waals surface area contributed by atoms with Crippen LogP contribution in [0.1, 0.15) is 67.8 Å². The van der Waals surface area contributed by atoms with E-state index in [1.807, 2.05) is 0 Å². The third-order valence-corrected chi connectivity index (χ3v) is 6.08. The standard InChI is InChI=1S/C18H25BrO/c1-13-11-16-12-15(9-10-17(16)20-13)18(19)14-7-5-3-2-4-6-8-14/h9-10,12-14,18H,2-8,11H2,1H3. The fraction of sp³-hybridized carbons (Fsp3) is 0.667. The maximum atomic E-state index is 5.81. The van der Waals surface area contributed by atoms with E-state index in [2.05, 4.69) is 41.1 Å².